The fourth-order valence-electron chi connectivity index (χ4n) is 3.69. The molecule has 0 fully saturated rings. The van der Waals surface area contributed by atoms with Crippen LogP contribution in [0.1, 0.15) is 88.8 Å². The molecule has 0 saturated heterocycles. The van der Waals surface area contributed by atoms with Crippen LogP contribution in [0, 0.1) is 22.7 Å². The summed E-state index contributed by atoms with van der Waals surface area (Å²) in [6.45, 7) is 17.2. The maximum atomic E-state index is 9.78. The van der Waals surface area contributed by atoms with Crippen molar-refractivity contribution in [2.75, 3.05) is 0 Å². The van der Waals surface area contributed by atoms with E-state index < -0.39 is 0 Å². The number of ether oxygens (including phenoxy) is 1. The molecular formula is C25H28N2O. The Morgan fingerprint density at radius 1 is 0.714 bits per heavy atom. The van der Waals surface area contributed by atoms with Gasteiger partial charge in [-0.3, -0.25) is 0 Å². The van der Waals surface area contributed by atoms with Crippen molar-refractivity contribution in [3.05, 3.63) is 57.6 Å². The van der Waals surface area contributed by atoms with Gasteiger partial charge in [-0.1, -0.05) is 67.5 Å². The zero-order chi connectivity index (χ0) is 21.1. The zero-order valence-electron chi connectivity index (χ0n) is 18.1. The molecule has 2 aromatic carbocycles. The first-order valence-electron chi connectivity index (χ1n) is 9.66. The summed E-state index contributed by atoms with van der Waals surface area (Å²) >= 11 is 0. The average Bonchev–Trinajstić information content (AvgIpc) is 2.58. The quantitative estimate of drug-likeness (QED) is 0.533. The molecule has 2 aromatic rings. The molecule has 0 amide bonds. The van der Waals surface area contributed by atoms with Crippen molar-refractivity contribution in [2.45, 2.75) is 71.6 Å². The second-order valence-electron chi connectivity index (χ2n) is 10.3. The fraction of sp³-hybridized carbons (Fsp3) is 0.440. The second-order valence-corrected chi connectivity index (χ2v) is 10.3. The Bertz CT molecular complexity index is 965. The lowest BCUT2D eigenvalue weighted by atomic mass is 9.71. The van der Waals surface area contributed by atoms with Crippen LogP contribution in [-0.4, -0.2) is 0 Å². The molecule has 1 aliphatic rings. The molecule has 0 N–H and O–H groups in total. The molecule has 3 heteroatoms. The molecule has 0 radical (unpaired) electrons. The van der Waals surface area contributed by atoms with Crippen molar-refractivity contribution in [3.8, 4) is 23.6 Å². The van der Waals surface area contributed by atoms with E-state index in [-0.39, 0.29) is 16.2 Å². The van der Waals surface area contributed by atoms with Crippen LogP contribution in [0.4, 0.5) is 0 Å². The second kappa shape index (κ2) is 6.11. The summed E-state index contributed by atoms with van der Waals surface area (Å²) < 4.78 is 6.25. The Balaban J connectivity index is 2.37. The maximum absolute atomic E-state index is 9.78. The van der Waals surface area contributed by atoms with Crippen LogP contribution in [0.25, 0.3) is 0 Å². The molecule has 1 heterocycles. The van der Waals surface area contributed by atoms with Crippen LogP contribution in [0.5, 0.6) is 11.5 Å². The minimum Gasteiger partial charge on any atom is -0.454 e. The van der Waals surface area contributed by atoms with Gasteiger partial charge in [0.15, 0.2) is 0 Å². The molecule has 28 heavy (non-hydrogen) atoms. The summed E-state index contributed by atoms with van der Waals surface area (Å²) in [5.41, 5.74) is 4.70. The van der Waals surface area contributed by atoms with E-state index in [2.05, 4.69) is 79.7 Å². The molecular weight excluding hydrogens is 344 g/mol. The van der Waals surface area contributed by atoms with Gasteiger partial charge in [0.05, 0.1) is 11.1 Å². The third-order valence-corrected chi connectivity index (χ3v) is 5.70. The van der Waals surface area contributed by atoms with Crippen molar-refractivity contribution in [1.29, 1.82) is 10.5 Å². The fourth-order valence-corrected chi connectivity index (χ4v) is 3.69. The predicted molar refractivity (Wildman–Crippen MR) is 112 cm³/mol. The van der Waals surface area contributed by atoms with Crippen LogP contribution >= 0.6 is 0 Å². The van der Waals surface area contributed by atoms with Crippen LogP contribution in [0.15, 0.2) is 24.3 Å². The van der Waals surface area contributed by atoms with Gasteiger partial charge in [-0.15, -0.1) is 0 Å². The molecule has 3 rings (SSSR count). The summed E-state index contributed by atoms with van der Waals surface area (Å²) in [6.07, 6.45) is 0. The minimum atomic E-state index is -0.386. The van der Waals surface area contributed by atoms with E-state index in [4.69, 9.17) is 4.74 Å². The minimum absolute atomic E-state index is 0.0813. The van der Waals surface area contributed by atoms with Crippen molar-refractivity contribution in [3.63, 3.8) is 0 Å². The standard InChI is InChI=1S/C25H28N2O/c1-23(2,3)17-9-15(13-26)21-19(11-17)25(7,8)20-12-18(24(4,5)6)10-16(14-27)22(20)28-21/h9-12H,1-8H3. The summed E-state index contributed by atoms with van der Waals surface area (Å²) in [4.78, 5) is 0. The van der Waals surface area contributed by atoms with E-state index >= 15 is 0 Å². The van der Waals surface area contributed by atoms with Crippen LogP contribution in [0.2, 0.25) is 0 Å². The number of fused-ring (bicyclic) bond motifs is 2. The highest BCUT2D eigenvalue weighted by molar-refractivity contribution is 5.67. The normalized spacial score (nSPS) is 14.9. The summed E-state index contributed by atoms with van der Waals surface area (Å²) in [6, 6.07) is 12.8. The molecule has 144 valence electrons. The number of hydrogen-bond donors (Lipinski definition) is 0. The van der Waals surface area contributed by atoms with Gasteiger partial charge in [-0.05, 0) is 34.1 Å². The highest BCUT2D eigenvalue weighted by Gasteiger charge is 2.39. The lowest BCUT2D eigenvalue weighted by molar-refractivity contribution is 0.412. The lowest BCUT2D eigenvalue weighted by Crippen LogP contribution is -2.28. The SMILES string of the molecule is CC(C)(C)c1cc(C#N)c2c(c1)C(C)(C)c1cc(C(C)(C)C)cc(C#N)c1O2. The molecule has 0 atom stereocenters. The zero-order valence-corrected chi connectivity index (χ0v) is 18.1. The average molecular weight is 373 g/mol. The van der Waals surface area contributed by atoms with E-state index in [0.717, 1.165) is 22.3 Å². The Hall–Kier alpha value is -2.78. The molecule has 0 spiro atoms. The Morgan fingerprint density at radius 2 is 1.07 bits per heavy atom. The van der Waals surface area contributed by atoms with Gasteiger partial charge in [0, 0.05) is 16.5 Å². The molecule has 1 aliphatic heterocycles. The molecule has 0 aliphatic carbocycles. The van der Waals surface area contributed by atoms with Crippen LogP contribution in [0.3, 0.4) is 0 Å². The van der Waals surface area contributed by atoms with Gasteiger partial charge in [0.2, 0.25) is 0 Å². The van der Waals surface area contributed by atoms with Gasteiger partial charge in [0.1, 0.15) is 23.6 Å². The first kappa shape index (κ1) is 20.0. The number of hydrogen-bond acceptors (Lipinski definition) is 3. The van der Waals surface area contributed by atoms with Crippen LogP contribution < -0.4 is 4.74 Å². The molecule has 0 aromatic heterocycles. The van der Waals surface area contributed by atoms with E-state index in [0.29, 0.717) is 22.6 Å². The van der Waals surface area contributed by atoms with E-state index in [1.54, 1.807) is 0 Å². The Morgan fingerprint density at radius 3 is 1.36 bits per heavy atom. The smallest absolute Gasteiger partial charge is 0.149 e. The van der Waals surface area contributed by atoms with Crippen molar-refractivity contribution < 1.29 is 4.74 Å². The summed E-state index contributed by atoms with van der Waals surface area (Å²) in [7, 11) is 0. The van der Waals surface area contributed by atoms with Crippen molar-refractivity contribution in [2.24, 2.45) is 0 Å². The third kappa shape index (κ3) is 3.06. The van der Waals surface area contributed by atoms with Gasteiger partial charge in [-0.25, -0.2) is 0 Å². The number of rotatable bonds is 0. The van der Waals surface area contributed by atoms with E-state index in [1.165, 1.54) is 0 Å². The highest BCUT2D eigenvalue weighted by atomic mass is 16.5. The van der Waals surface area contributed by atoms with Gasteiger partial charge in [-0.2, -0.15) is 10.5 Å². The highest BCUT2D eigenvalue weighted by Crippen LogP contribution is 2.52. The first-order valence-corrected chi connectivity index (χ1v) is 9.66. The molecule has 0 unspecified atom stereocenters. The predicted octanol–water partition coefficient (Wildman–Crippen LogP) is 6.46. The monoisotopic (exact) mass is 372 g/mol. The Labute approximate surface area is 168 Å². The Kier molecular flexibility index (Phi) is 4.36. The van der Waals surface area contributed by atoms with Gasteiger partial charge < -0.3 is 4.74 Å². The largest absolute Gasteiger partial charge is 0.454 e. The maximum Gasteiger partial charge on any atom is 0.149 e. The van der Waals surface area contributed by atoms with Gasteiger partial charge >= 0.3 is 0 Å². The first-order chi connectivity index (χ1) is 12.8. The van der Waals surface area contributed by atoms with E-state index in [9.17, 15) is 10.5 Å². The number of nitrogens with zero attached hydrogens (tertiary/aromatic N) is 2. The summed E-state index contributed by atoms with van der Waals surface area (Å²) in [5.74, 6) is 1.15. The molecule has 0 bridgehead atoms. The molecule has 3 nitrogen and oxygen atoms in total. The lowest BCUT2D eigenvalue weighted by Gasteiger charge is -2.37. The van der Waals surface area contributed by atoms with Crippen LogP contribution in [-0.2, 0) is 16.2 Å². The van der Waals surface area contributed by atoms with Gasteiger partial charge in [0.25, 0.3) is 0 Å². The van der Waals surface area contributed by atoms with Crippen molar-refractivity contribution >= 4 is 0 Å². The third-order valence-electron chi connectivity index (χ3n) is 5.70. The number of benzene rings is 2. The van der Waals surface area contributed by atoms with E-state index in [1.807, 2.05) is 12.1 Å². The topological polar surface area (TPSA) is 56.8 Å². The summed E-state index contributed by atoms with van der Waals surface area (Å²) in [5, 5.41) is 19.6. The van der Waals surface area contributed by atoms with Crippen molar-refractivity contribution in [1.82, 2.24) is 0 Å². The number of nitriles is 2. The molecule has 0 saturated carbocycles.